The van der Waals surface area contributed by atoms with Crippen LogP contribution in [0.1, 0.15) is 11.1 Å². The molecule has 0 aromatic heterocycles. The summed E-state index contributed by atoms with van der Waals surface area (Å²) in [4.78, 5) is 11.5. The van der Waals surface area contributed by atoms with Crippen molar-refractivity contribution >= 4 is 12.1 Å². The molecule has 0 heterocycles. The number of para-hydroxylation sites is 1. The van der Waals surface area contributed by atoms with Crippen LogP contribution in [0.5, 0.6) is 5.75 Å². The van der Waals surface area contributed by atoms with E-state index in [9.17, 15) is 4.79 Å². The number of carbonyl (C=O) groups excluding carboxylic acids is 1. The second-order valence-corrected chi connectivity index (χ2v) is 4.31. The molecule has 0 aliphatic heterocycles. The summed E-state index contributed by atoms with van der Waals surface area (Å²) in [7, 11) is 0. The van der Waals surface area contributed by atoms with Crippen LogP contribution >= 0.6 is 0 Å². The maximum Gasteiger partial charge on any atom is 0.277 e. The minimum absolute atomic E-state index is 0.0603. The highest BCUT2D eigenvalue weighted by Crippen LogP contribution is 2.07. The second-order valence-electron chi connectivity index (χ2n) is 4.31. The summed E-state index contributed by atoms with van der Waals surface area (Å²) < 4.78 is 5.30. The van der Waals surface area contributed by atoms with E-state index in [4.69, 9.17) is 4.74 Å². The molecule has 0 saturated heterocycles. The summed E-state index contributed by atoms with van der Waals surface area (Å²) in [6.45, 7) is 1.96. The molecule has 0 spiro atoms. The van der Waals surface area contributed by atoms with Crippen LogP contribution < -0.4 is 10.2 Å². The minimum Gasteiger partial charge on any atom is -0.484 e. The van der Waals surface area contributed by atoms with E-state index in [-0.39, 0.29) is 12.5 Å². The second kappa shape index (κ2) is 7.09. The molecule has 0 radical (unpaired) electrons. The van der Waals surface area contributed by atoms with Crippen LogP contribution in [0.25, 0.3) is 0 Å². The Morgan fingerprint density at radius 2 is 1.85 bits per heavy atom. The van der Waals surface area contributed by atoms with Crippen molar-refractivity contribution in [3.05, 3.63) is 65.7 Å². The van der Waals surface area contributed by atoms with Gasteiger partial charge in [0, 0.05) is 0 Å². The van der Waals surface area contributed by atoms with Gasteiger partial charge in [-0.1, -0.05) is 48.0 Å². The lowest BCUT2D eigenvalue weighted by molar-refractivity contribution is -0.123. The van der Waals surface area contributed by atoms with Crippen LogP contribution in [-0.2, 0) is 4.79 Å². The molecule has 0 aliphatic rings. The third kappa shape index (κ3) is 4.57. The van der Waals surface area contributed by atoms with Crippen molar-refractivity contribution in [2.24, 2.45) is 5.10 Å². The van der Waals surface area contributed by atoms with E-state index in [1.165, 1.54) is 5.56 Å². The van der Waals surface area contributed by atoms with Crippen molar-refractivity contribution in [1.29, 1.82) is 0 Å². The maximum absolute atomic E-state index is 11.5. The van der Waals surface area contributed by atoms with Crippen molar-refractivity contribution in [1.82, 2.24) is 5.43 Å². The van der Waals surface area contributed by atoms with Gasteiger partial charge < -0.3 is 4.74 Å². The van der Waals surface area contributed by atoms with E-state index < -0.39 is 0 Å². The van der Waals surface area contributed by atoms with Crippen molar-refractivity contribution in [2.75, 3.05) is 6.61 Å². The SMILES string of the molecule is Cc1ccc(C=NNC(=O)COc2ccccc2)cc1. The smallest absolute Gasteiger partial charge is 0.277 e. The van der Waals surface area contributed by atoms with E-state index in [1.807, 2.05) is 49.4 Å². The Bertz CT molecular complexity index is 577. The van der Waals surface area contributed by atoms with Gasteiger partial charge in [0.05, 0.1) is 6.21 Å². The lowest BCUT2D eigenvalue weighted by Gasteiger charge is -2.04. The van der Waals surface area contributed by atoms with E-state index in [0.29, 0.717) is 5.75 Å². The van der Waals surface area contributed by atoms with Crippen molar-refractivity contribution in [3.8, 4) is 5.75 Å². The molecule has 1 N–H and O–H groups in total. The van der Waals surface area contributed by atoms with Gasteiger partial charge in [-0.15, -0.1) is 0 Å². The predicted molar refractivity (Wildman–Crippen MR) is 78.9 cm³/mol. The van der Waals surface area contributed by atoms with E-state index in [1.54, 1.807) is 18.3 Å². The number of carbonyl (C=O) groups is 1. The molecule has 0 saturated carbocycles. The van der Waals surface area contributed by atoms with E-state index in [2.05, 4.69) is 10.5 Å². The number of nitrogens with one attached hydrogen (secondary N) is 1. The number of hydrogen-bond acceptors (Lipinski definition) is 3. The molecular weight excluding hydrogens is 252 g/mol. The first kappa shape index (κ1) is 13.8. The minimum atomic E-state index is -0.294. The zero-order chi connectivity index (χ0) is 14.2. The molecule has 4 nitrogen and oxygen atoms in total. The molecule has 0 aliphatic carbocycles. The Labute approximate surface area is 118 Å². The molecule has 2 aromatic rings. The summed E-state index contributed by atoms with van der Waals surface area (Å²) in [5.74, 6) is 0.363. The molecule has 0 fully saturated rings. The number of hydrazone groups is 1. The van der Waals surface area contributed by atoms with Gasteiger partial charge in [-0.3, -0.25) is 4.79 Å². The molecule has 1 amide bonds. The predicted octanol–water partition coefficient (Wildman–Crippen LogP) is 2.52. The van der Waals surface area contributed by atoms with Gasteiger partial charge in [-0.25, -0.2) is 5.43 Å². The third-order valence-electron chi connectivity index (χ3n) is 2.59. The fraction of sp³-hybridized carbons (Fsp3) is 0.125. The summed E-state index contributed by atoms with van der Waals surface area (Å²) in [5, 5.41) is 3.88. The number of ether oxygens (including phenoxy) is 1. The Morgan fingerprint density at radius 1 is 1.15 bits per heavy atom. The monoisotopic (exact) mass is 268 g/mol. The third-order valence-corrected chi connectivity index (χ3v) is 2.59. The van der Waals surface area contributed by atoms with Crippen LogP contribution in [0.3, 0.4) is 0 Å². The van der Waals surface area contributed by atoms with Gasteiger partial charge >= 0.3 is 0 Å². The highest BCUT2D eigenvalue weighted by Gasteiger charge is 2.00. The molecular formula is C16H16N2O2. The lowest BCUT2D eigenvalue weighted by atomic mass is 10.2. The van der Waals surface area contributed by atoms with E-state index in [0.717, 1.165) is 5.56 Å². The molecule has 20 heavy (non-hydrogen) atoms. The van der Waals surface area contributed by atoms with Crippen LogP contribution in [0, 0.1) is 6.92 Å². The topological polar surface area (TPSA) is 50.7 Å². The molecule has 4 heteroatoms. The highest BCUT2D eigenvalue weighted by molar-refractivity contribution is 5.82. The first-order chi connectivity index (χ1) is 9.74. The first-order valence-electron chi connectivity index (χ1n) is 6.30. The van der Waals surface area contributed by atoms with Crippen molar-refractivity contribution in [3.63, 3.8) is 0 Å². The van der Waals surface area contributed by atoms with Gasteiger partial charge in [0.2, 0.25) is 0 Å². The van der Waals surface area contributed by atoms with E-state index >= 15 is 0 Å². The maximum atomic E-state index is 11.5. The van der Waals surface area contributed by atoms with Gasteiger partial charge in [0.15, 0.2) is 6.61 Å². The molecule has 0 atom stereocenters. The van der Waals surface area contributed by atoms with Gasteiger partial charge in [0.1, 0.15) is 5.75 Å². The zero-order valence-corrected chi connectivity index (χ0v) is 11.2. The summed E-state index contributed by atoms with van der Waals surface area (Å²) in [6, 6.07) is 17.0. The van der Waals surface area contributed by atoms with Crippen molar-refractivity contribution < 1.29 is 9.53 Å². The van der Waals surface area contributed by atoms with Gasteiger partial charge in [-0.05, 0) is 24.6 Å². The first-order valence-corrected chi connectivity index (χ1v) is 6.30. The number of rotatable bonds is 5. The quantitative estimate of drug-likeness (QED) is 0.669. The lowest BCUT2D eigenvalue weighted by Crippen LogP contribution is -2.24. The summed E-state index contributed by atoms with van der Waals surface area (Å²) in [5.41, 5.74) is 4.53. The molecule has 102 valence electrons. The highest BCUT2D eigenvalue weighted by atomic mass is 16.5. The number of nitrogens with zero attached hydrogens (tertiary/aromatic N) is 1. The Kier molecular flexibility index (Phi) is 4.89. The molecule has 0 bridgehead atoms. The summed E-state index contributed by atoms with van der Waals surface area (Å²) in [6.07, 6.45) is 1.60. The molecule has 0 unspecified atom stereocenters. The van der Waals surface area contributed by atoms with Crippen molar-refractivity contribution in [2.45, 2.75) is 6.92 Å². The fourth-order valence-corrected chi connectivity index (χ4v) is 1.53. The Morgan fingerprint density at radius 3 is 2.55 bits per heavy atom. The largest absolute Gasteiger partial charge is 0.484 e. The van der Waals surface area contributed by atoms with Crippen LogP contribution in [0.2, 0.25) is 0 Å². The average molecular weight is 268 g/mol. The van der Waals surface area contributed by atoms with Crippen LogP contribution in [-0.4, -0.2) is 18.7 Å². The van der Waals surface area contributed by atoms with Gasteiger partial charge in [0.25, 0.3) is 5.91 Å². The number of amides is 1. The number of hydrogen-bond donors (Lipinski definition) is 1. The van der Waals surface area contributed by atoms with Crippen LogP contribution in [0.15, 0.2) is 59.7 Å². The van der Waals surface area contributed by atoms with Crippen LogP contribution in [0.4, 0.5) is 0 Å². The zero-order valence-electron chi connectivity index (χ0n) is 11.2. The standard InChI is InChI=1S/C16H16N2O2/c1-13-7-9-14(10-8-13)11-17-18-16(19)12-20-15-5-3-2-4-6-15/h2-11H,12H2,1H3,(H,18,19). The fourth-order valence-electron chi connectivity index (χ4n) is 1.53. The summed E-state index contributed by atoms with van der Waals surface area (Å²) >= 11 is 0. The Hall–Kier alpha value is -2.62. The molecule has 2 rings (SSSR count). The molecule has 2 aromatic carbocycles. The normalized spacial score (nSPS) is 10.4. The number of aryl methyl sites for hydroxylation is 1. The average Bonchev–Trinajstić information content (AvgIpc) is 2.48. The van der Waals surface area contributed by atoms with Gasteiger partial charge in [-0.2, -0.15) is 5.10 Å². The Balaban J connectivity index is 1.76. The number of benzene rings is 2.